The first-order chi connectivity index (χ1) is 28.2. The van der Waals surface area contributed by atoms with Crippen molar-refractivity contribution in [2.24, 2.45) is 0 Å². The molecule has 0 bridgehead atoms. The van der Waals surface area contributed by atoms with Gasteiger partial charge >= 0.3 is 0 Å². The molecular formula is C56H36O. The van der Waals surface area contributed by atoms with E-state index >= 15 is 0 Å². The van der Waals surface area contributed by atoms with Gasteiger partial charge in [-0.25, -0.2) is 0 Å². The van der Waals surface area contributed by atoms with Gasteiger partial charge in [-0.1, -0.05) is 170 Å². The SMILES string of the molecule is c1ccc(-c2cc(-c3ccccc3)cc(-c3ccc4oc5ccc(-c6cc(-c7ccccc7)cc(-c7ccccc7)c6)c6cccc(c7cccc3c47)c56)c2)cc1. The standard InChI is InChI=1S/C56H36O/c1-5-15-37(16-6-1)41-31-42(38-17-7-2-8-18-38)34-45(33-41)47-27-29-53-55-49(47)23-13-25-51(55)52-26-14-24-50-48(28-30-54(57-53)56(50)52)46-35-43(39-19-9-3-10-20-39)32-44(36-46)40-21-11-4-12-22-40/h1-36H. The molecule has 1 aromatic heterocycles. The van der Waals surface area contributed by atoms with Crippen LogP contribution in [0.15, 0.2) is 223 Å². The van der Waals surface area contributed by atoms with Crippen LogP contribution in [-0.4, -0.2) is 0 Å². The van der Waals surface area contributed by atoms with E-state index in [9.17, 15) is 0 Å². The van der Waals surface area contributed by atoms with E-state index in [1.807, 2.05) is 0 Å². The minimum Gasteiger partial charge on any atom is -0.456 e. The summed E-state index contributed by atoms with van der Waals surface area (Å²) in [6, 6.07) is 78.9. The third-order valence-corrected chi connectivity index (χ3v) is 11.4. The summed E-state index contributed by atoms with van der Waals surface area (Å²) >= 11 is 0. The van der Waals surface area contributed by atoms with E-state index in [1.54, 1.807) is 0 Å². The molecule has 0 atom stereocenters. The second-order valence-corrected chi connectivity index (χ2v) is 14.8. The van der Waals surface area contributed by atoms with Gasteiger partial charge in [-0.05, 0) is 137 Å². The van der Waals surface area contributed by atoms with Crippen molar-refractivity contribution >= 4 is 43.5 Å². The summed E-state index contributed by atoms with van der Waals surface area (Å²) in [5.41, 5.74) is 16.0. The first-order valence-electron chi connectivity index (χ1n) is 19.6. The van der Waals surface area contributed by atoms with Gasteiger partial charge in [-0.3, -0.25) is 0 Å². The Bertz CT molecular complexity index is 2910. The van der Waals surface area contributed by atoms with E-state index < -0.39 is 0 Å². The average Bonchev–Trinajstić information content (AvgIpc) is 3.43. The van der Waals surface area contributed by atoms with E-state index in [0.29, 0.717) is 0 Å². The predicted molar refractivity (Wildman–Crippen MR) is 241 cm³/mol. The lowest BCUT2D eigenvalue weighted by atomic mass is 9.89. The van der Waals surface area contributed by atoms with Crippen molar-refractivity contribution in [3.8, 4) is 66.8 Å². The summed E-state index contributed by atoms with van der Waals surface area (Å²) in [4.78, 5) is 0. The fraction of sp³-hybridized carbons (Fsp3) is 0. The minimum atomic E-state index is 0.870. The molecule has 1 nitrogen and oxygen atoms in total. The van der Waals surface area contributed by atoms with Gasteiger partial charge in [-0.15, -0.1) is 0 Å². The van der Waals surface area contributed by atoms with Crippen molar-refractivity contribution in [1.82, 2.24) is 0 Å². The van der Waals surface area contributed by atoms with Gasteiger partial charge in [-0.2, -0.15) is 0 Å². The summed E-state index contributed by atoms with van der Waals surface area (Å²) < 4.78 is 7.00. The Labute approximate surface area is 331 Å². The van der Waals surface area contributed by atoms with Crippen molar-refractivity contribution < 1.29 is 4.42 Å². The first kappa shape index (κ1) is 32.9. The lowest BCUT2D eigenvalue weighted by Gasteiger charge is -2.14. The molecule has 0 unspecified atom stereocenters. The second kappa shape index (κ2) is 13.7. The Morgan fingerprint density at radius 1 is 0.211 bits per heavy atom. The van der Waals surface area contributed by atoms with Crippen LogP contribution >= 0.6 is 0 Å². The number of benzene rings is 10. The third kappa shape index (κ3) is 5.80. The maximum atomic E-state index is 7.00. The molecule has 11 aromatic rings. The topological polar surface area (TPSA) is 13.1 Å². The van der Waals surface area contributed by atoms with Gasteiger partial charge in [0.15, 0.2) is 0 Å². The molecule has 1 heterocycles. The molecule has 0 spiro atoms. The quantitative estimate of drug-likeness (QED) is 0.166. The molecule has 0 fully saturated rings. The van der Waals surface area contributed by atoms with Crippen LogP contribution in [0.5, 0.6) is 0 Å². The molecule has 57 heavy (non-hydrogen) atoms. The molecule has 10 aromatic carbocycles. The number of rotatable bonds is 6. The van der Waals surface area contributed by atoms with Crippen molar-refractivity contribution in [2.75, 3.05) is 0 Å². The number of fused-ring (bicyclic) bond motifs is 1. The Kier molecular flexibility index (Phi) is 7.89. The molecule has 0 aliphatic carbocycles. The van der Waals surface area contributed by atoms with E-state index in [4.69, 9.17) is 4.42 Å². The van der Waals surface area contributed by atoms with Crippen LogP contribution in [0.2, 0.25) is 0 Å². The van der Waals surface area contributed by atoms with Crippen LogP contribution in [0.4, 0.5) is 0 Å². The van der Waals surface area contributed by atoms with E-state index in [0.717, 1.165) is 21.9 Å². The largest absolute Gasteiger partial charge is 0.456 e. The zero-order valence-electron chi connectivity index (χ0n) is 31.2. The van der Waals surface area contributed by atoms with Crippen LogP contribution in [0, 0.1) is 0 Å². The van der Waals surface area contributed by atoms with Crippen molar-refractivity contribution in [3.63, 3.8) is 0 Å². The van der Waals surface area contributed by atoms with E-state index in [2.05, 4.69) is 218 Å². The molecule has 0 amide bonds. The van der Waals surface area contributed by atoms with Crippen LogP contribution < -0.4 is 0 Å². The van der Waals surface area contributed by atoms with Crippen molar-refractivity contribution in [2.45, 2.75) is 0 Å². The van der Waals surface area contributed by atoms with Gasteiger partial charge in [0.1, 0.15) is 11.2 Å². The first-order valence-corrected chi connectivity index (χ1v) is 19.6. The van der Waals surface area contributed by atoms with Crippen molar-refractivity contribution in [3.05, 3.63) is 218 Å². The lowest BCUT2D eigenvalue weighted by molar-refractivity contribution is 0.664. The molecule has 266 valence electrons. The fourth-order valence-corrected chi connectivity index (χ4v) is 8.74. The molecule has 0 saturated heterocycles. The minimum absolute atomic E-state index is 0.870. The fourth-order valence-electron chi connectivity index (χ4n) is 8.74. The van der Waals surface area contributed by atoms with Crippen LogP contribution in [0.1, 0.15) is 0 Å². The molecule has 11 rings (SSSR count). The van der Waals surface area contributed by atoms with E-state index in [1.165, 1.54) is 88.3 Å². The Balaban J connectivity index is 1.15. The molecule has 0 N–H and O–H groups in total. The van der Waals surface area contributed by atoms with Crippen LogP contribution in [0.25, 0.3) is 110 Å². The van der Waals surface area contributed by atoms with Gasteiger partial charge < -0.3 is 4.42 Å². The Morgan fingerprint density at radius 3 is 0.842 bits per heavy atom. The summed E-state index contributed by atoms with van der Waals surface area (Å²) in [7, 11) is 0. The highest BCUT2D eigenvalue weighted by atomic mass is 16.3. The summed E-state index contributed by atoms with van der Waals surface area (Å²) in [6.07, 6.45) is 0. The molecule has 0 aliphatic rings. The molecule has 0 saturated carbocycles. The second-order valence-electron chi connectivity index (χ2n) is 14.8. The lowest BCUT2D eigenvalue weighted by Crippen LogP contribution is -1.88. The molecule has 0 radical (unpaired) electrons. The zero-order chi connectivity index (χ0) is 37.7. The van der Waals surface area contributed by atoms with Gasteiger partial charge in [0.05, 0.1) is 0 Å². The zero-order valence-corrected chi connectivity index (χ0v) is 31.2. The maximum absolute atomic E-state index is 7.00. The molecule has 1 heteroatoms. The average molecular weight is 725 g/mol. The highest BCUT2D eigenvalue weighted by molar-refractivity contribution is 6.26. The highest BCUT2D eigenvalue weighted by Gasteiger charge is 2.18. The monoisotopic (exact) mass is 724 g/mol. The summed E-state index contributed by atoms with van der Waals surface area (Å²) in [5, 5.41) is 6.95. The third-order valence-electron chi connectivity index (χ3n) is 11.4. The normalized spacial score (nSPS) is 11.5. The maximum Gasteiger partial charge on any atom is 0.135 e. The number of hydrogen-bond donors (Lipinski definition) is 0. The Hall–Kier alpha value is -7.48. The van der Waals surface area contributed by atoms with Crippen LogP contribution in [0.3, 0.4) is 0 Å². The summed E-state index contributed by atoms with van der Waals surface area (Å²) in [6.45, 7) is 0. The van der Waals surface area contributed by atoms with Gasteiger partial charge in [0, 0.05) is 10.8 Å². The molecule has 0 aliphatic heterocycles. The van der Waals surface area contributed by atoms with Crippen molar-refractivity contribution in [1.29, 1.82) is 0 Å². The highest BCUT2D eigenvalue weighted by Crippen LogP contribution is 2.44. The van der Waals surface area contributed by atoms with Crippen LogP contribution in [-0.2, 0) is 0 Å². The summed E-state index contributed by atoms with van der Waals surface area (Å²) in [5.74, 6) is 0. The van der Waals surface area contributed by atoms with Gasteiger partial charge in [0.2, 0.25) is 0 Å². The number of hydrogen-bond acceptors (Lipinski definition) is 1. The van der Waals surface area contributed by atoms with Gasteiger partial charge in [0.25, 0.3) is 0 Å². The smallest absolute Gasteiger partial charge is 0.135 e. The van der Waals surface area contributed by atoms with E-state index in [-0.39, 0.29) is 0 Å². The molecular weight excluding hydrogens is 689 g/mol. The predicted octanol–water partition coefficient (Wildman–Crippen LogP) is 15.9. The Morgan fingerprint density at radius 2 is 0.509 bits per heavy atom.